The van der Waals surface area contributed by atoms with Crippen LogP contribution in [-0.4, -0.2) is 11.1 Å². The number of rotatable bonds is 5. The van der Waals surface area contributed by atoms with E-state index in [4.69, 9.17) is 4.52 Å². The van der Waals surface area contributed by atoms with Crippen molar-refractivity contribution in [3.05, 3.63) is 77.6 Å². The molecule has 0 aliphatic carbocycles. The minimum atomic E-state index is -0.876. The van der Waals surface area contributed by atoms with Gasteiger partial charge in [-0.1, -0.05) is 35.5 Å². The second-order valence-corrected chi connectivity index (χ2v) is 5.46. The number of benzene rings is 2. The third kappa shape index (κ3) is 4.20. The van der Waals surface area contributed by atoms with E-state index in [1.165, 1.54) is 0 Å². The fraction of sp³-hybridized carbons (Fsp3) is 0.111. The molecule has 7 heteroatoms. The minimum absolute atomic E-state index is 0.151. The van der Waals surface area contributed by atoms with Crippen LogP contribution in [0.3, 0.4) is 0 Å². The van der Waals surface area contributed by atoms with Gasteiger partial charge in [0.15, 0.2) is 5.82 Å². The first-order valence-corrected chi connectivity index (χ1v) is 7.53. The first-order chi connectivity index (χ1) is 12.0. The summed E-state index contributed by atoms with van der Waals surface area (Å²) in [5.74, 6) is -1.10. The van der Waals surface area contributed by atoms with Crippen molar-refractivity contribution in [3.8, 4) is 0 Å². The summed E-state index contributed by atoms with van der Waals surface area (Å²) < 4.78 is 31.8. The standard InChI is InChI=1S/C18H15F2N3O2/c1-11-7-16(23-25-11)22-18(24)17(12-5-3-2-4-6-12)21-15-9-13(19)8-14(20)10-15/h2-10,17,21H,1H3,(H,22,23,24)/t17-/m0/s1. The maximum absolute atomic E-state index is 13.4. The number of amides is 1. The van der Waals surface area contributed by atoms with Gasteiger partial charge in [0.1, 0.15) is 23.4 Å². The van der Waals surface area contributed by atoms with Crippen LogP contribution in [-0.2, 0) is 4.79 Å². The largest absolute Gasteiger partial charge is 0.370 e. The van der Waals surface area contributed by atoms with Crippen LogP contribution in [0.2, 0.25) is 0 Å². The molecule has 1 aromatic heterocycles. The van der Waals surface area contributed by atoms with Crippen molar-refractivity contribution in [2.24, 2.45) is 0 Å². The van der Waals surface area contributed by atoms with Gasteiger partial charge in [-0.2, -0.15) is 0 Å². The topological polar surface area (TPSA) is 67.2 Å². The first-order valence-electron chi connectivity index (χ1n) is 7.53. The SMILES string of the molecule is Cc1cc(NC(=O)[C@@H](Nc2cc(F)cc(F)c2)c2ccccc2)no1. The number of aryl methyl sites for hydroxylation is 1. The Morgan fingerprint density at radius 1 is 1.08 bits per heavy atom. The van der Waals surface area contributed by atoms with Crippen LogP contribution in [0.15, 0.2) is 59.1 Å². The van der Waals surface area contributed by atoms with Gasteiger partial charge < -0.3 is 15.2 Å². The van der Waals surface area contributed by atoms with E-state index in [1.54, 1.807) is 43.3 Å². The zero-order valence-electron chi connectivity index (χ0n) is 13.3. The number of anilines is 2. The van der Waals surface area contributed by atoms with Crippen LogP contribution in [0.4, 0.5) is 20.3 Å². The zero-order chi connectivity index (χ0) is 17.8. The van der Waals surface area contributed by atoms with Crippen molar-refractivity contribution >= 4 is 17.4 Å². The summed E-state index contributed by atoms with van der Waals surface area (Å²) >= 11 is 0. The minimum Gasteiger partial charge on any atom is -0.370 e. The van der Waals surface area contributed by atoms with Crippen LogP contribution >= 0.6 is 0 Å². The van der Waals surface area contributed by atoms with E-state index in [0.29, 0.717) is 11.3 Å². The van der Waals surface area contributed by atoms with Gasteiger partial charge in [0.25, 0.3) is 5.91 Å². The highest BCUT2D eigenvalue weighted by Crippen LogP contribution is 2.23. The number of carbonyl (C=O) groups is 1. The molecule has 128 valence electrons. The Morgan fingerprint density at radius 2 is 1.76 bits per heavy atom. The number of nitrogens with one attached hydrogen (secondary N) is 2. The zero-order valence-corrected chi connectivity index (χ0v) is 13.3. The fourth-order valence-electron chi connectivity index (χ4n) is 2.37. The molecule has 1 atom stereocenters. The molecule has 0 saturated carbocycles. The molecule has 0 fully saturated rings. The number of nitrogens with zero attached hydrogens (tertiary/aromatic N) is 1. The van der Waals surface area contributed by atoms with Gasteiger partial charge in [-0.3, -0.25) is 4.79 Å². The molecule has 2 aromatic carbocycles. The number of hydrogen-bond acceptors (Lipinski definition) is 4. The average Bonchev–Trinajstić information content (AvgIpc) is 2.97. The summed E-state index contributed by atoms with van der Waals surface area (Å²) in [6.45, 7) is 1.70. The van der Waals surface area contributed by atoms with Crippen LogP contribution in [0.25, 0.3) is 0 Å². The van der Waals surface area contributed by atoms with Crippen LogP contribution < -0.4 is 10.6 Å². The molecule has 5 nitrogen and oxygen atoms in total. The van der Waals surface area contributed by atoms with E-state index in [0.717, 1.165) is 18.2 Å². The van der Waals surface area contributed by atoms with Crippen LogP contribution in [0.1, 0.15) is 17.4 Å². The van der Waals surface area contributed by atoms with E-state index in [2.05, 4.69) is 15.8 Å². The third-order valence-electron chi connectivity index (χ3n) is 3.45. The number of carbonyl (C=O) groups excluding carboxylic acids is 1. The summed E-state index contributed by atoms with van der Waals surface area (Å²) in [7, 11) is 0. The van der Waals surface area contributed by atoms with Crippen molar-refractivity contribution in [3.63, 3.8) is 0 Å². The maximum Gasteiger partial charge on any atom is 0.252 e. The molecular weight excluding hydrogens is 328 g/mol. The lowest BCUT2D eigenvalue weighted by Gasteiger charge is -2.19. The Bertz CT molecular complexity index is 861. The average molecular weight is 343 g/mol. The van der Waals surface area contributed by atoms with E-state index in [1.807, 2.05) is 0 Å². The Morgan fingerprint density at radius 3 is 2.36 bits per heavy atom. The molecular formula is C18H15F2N3O2. The molecule has 3 rings (SSSR count). The van der Waals surface area contributed by atoms with E-state index in [-0.39, 0.29) is 11.5 Å². The van der Waals surface area contributed by atoms with E-state index < -0.39 is 23.6 Å². The molecule has 0 bridgehead atoms. The molecule has 0 radical (unpaired) electrons. The summed E-state index contributed by atoms with van der Waals surface area (Å²) in [5, 5.41) is 9.18. The molecule has 3 aromatic rings. The van der Waals surface area contributed by atoms with Gasteiger partial charge in [0.2, 0.25) is 0 Å². The predicted octanol–water partition coefficient (Wildman–Crippen LogP) is 4.05. The Balaban J connectivity index is 1.88. The van der Waals surface area contributed by atoms with E-state index in [9.17, 15) is 13.6 Å². The lowest BCUT2D eigenvalue weighted by Crippen LogP contribution is -2.27. The van der Waals surface area contributed by atoms with Gasteiger partial charge in [0.05, 0.1) is 0 Å². The molecule has 1 heterocycles. The summed E-state index contributed by atoms with van der Waals surface area (Å²) in [5.41, 5.74) is 0.780. The maximum atomic E-state index is 13.4. The molecule has 0 aliphatic rings. The monoisotopic (exact) mass is 343 g/mol. The highest BCUT2D eigenvalue weighted by Gasteiger charge is 2.22. The number of aromatic nitrogens is 1. The number of hydrogen-bond donors (Lipinski definition) is 2. The highest BCUT2D eigenvalue weighted by atomic mass is 19.1. The summed E-state index contributed by atoms with van der Waals surface area (Å²) in [6.07, 6.45) is 0. The Labute approximate surface area is 142 Å². The van der Waals surface area contributed by atoms with Gasteiger partial charge in [-0.15, -0.1) is 0 Å². The van der Waals surface area contributed by atoms with Crippen molar-refractivity contribution < 1.29 is 18.1 Å². The van der Waals surface area contributed by atoms with Crippen molar-refractivity contribution in [2.45, 2.75) is 13.0 Å². The van der Waals surface area contributed by atoms with Crippen LogP contribution in [0.5, 0.6) is 0 Å². The number of halogens is 2. The van der Waals surface area contributed by atoms with Gasteiger partial charge in [-0.05, 0) is 24.6 Å². The molecule has 2 N–H and O–H groups in total. The highest BCUT2D eigenvalue weighted by molar-refractivity contribution is 5.96. The Hall–Kier alpha value is -3.22. The Kier molecular flexibility index (Phi) is 4.74. The van der Waals surface area contributed by atoms with Crippen molar-refractivity contribution in [1.82, 2.24) is 5.16 Å². The predicted molar refractivity (Wildman–Crippen MR) is 89.0 cm³/mol. The van der Waals surface area contributed by atoms with Gasteiger partial charge in [0, 0.05) is 17.8 Å². The molecule has 0 saturated heterocycles. The molecule has 0 unspecified atom stereocenters. The lowest BCUT2D eigenvalue weighted by molar-refractivity contribution is -0.117. The molecule has 1 amide bonds. The lowest BCUT2D eigenvalue weighted by atomic mass is 10.1. The quantitative estimate of drug-likeness (QED) is 0.733. The first kappa shape index (κ1) is 16.6. The van der Waals surface area contributed by atoms with Crippen LogP contribution in [0, 0.1) is 18.6 Å². The normalized spacial score (nSPS) is 11.8. The molecule has 0 spiro atoms. The summed E-state index contributed by atoms with van der Waals surface area (Å²) in [6, 6.07) is 12.5. The fourth-order valence-corrected chi connectivity index (χ4v) is 2.37. The third-order valence-corrected chi connectivity index (χ3v) is 3.45. The smallest absolute Gasteiger partial charge is 0.252 e. The van der Waals surface area contributed by atoms with Crippen molar-refractivity contribution in [1.29, 1.82) is 0 Å². The van der Waals surface area contributed by atoms with E-state index >= 15 is 0 Å². The second kappa shape index (κ2) is 7.12. The van der Waals surface area contributed by atoms with Gasteiger partial charge >= 0.3 is 0 Å². The van der Waals surface area contributed by atoms with Gasteiger partial charge in [-0.25, -0.2) is 8.78 Å². The summed E-state index contributed by atoms with van der Waals surface area (Å²) in [4.78, 5) is 12.7. The molecule has 0 aliphatic heterocycles. The van der Waals surface area contributed by atoms with Crippen molar-refractivity contribution in [2.75, 3.05) is 10.6 Å². The second-order valence-electron chi connectivity index (χ2n) is 5.46. The molecule has 25 heavy (non-hydrogen) atoms.